The van der Waals surface area contributed by atoms with Crippen LogP contribution in [0.15, 0.2) is 48.0 Å². The van der Waals surface area contributed by atoms with Crippen LogP contribution in [0, 0.1) is 22.7 Å². The summed E-state index contributed by atoms with van der Waals surface area (Å²) in [5.74, 6) is 0.167. The van der Waals surface area contributed by atoms with Crippen molar-refractivity contribution in [2.45, 2.75) is 0 Å². The summed E-state index contributed by atoms with van der Waals surface area (Å²) in [5, 5.41) is 21.1. The van der Waals surface area contributed by atoms with E-state index in [9.17, 15) is 10.1 Å². The van der Waals surface area contributed by atoms with Crippen molar-refractivity contribution >= 4 is 38.7 Å². The van der Waals surface area contributed by atoms with Crippen LogP contribution < -0.4 is 10.1 Å². The number of amides is 1. The molecule has 0 fully saturated rings. The Kier molecular flexibility index (Phi) is 4.93. The minimum atomic E-state index is -0.539. The topological polar surface area (TPSA) is 98.8 Å². The highest BCUT2D eigenvalue weighted by Gasteiger charge is 2.13. The van der Waals surface area contributed by atoms with Gasteiger partial charge in [-0.1, -0.05) is 23.5 Å². The number of benzene rings is 2. The van der Waals surface area contributed by atoms with Gasteiger partial charge in [0.05, 0.1) is 29.0 Å². The van der Waals surface area contributed by atoms with Gasteiger partial charge in [0.25, 0.3) is 5.91 Å². The molecule has 0 saturated heterocycles. The van der Waals surface area contributed by atoms with Crippen molar-refractivity contribution in [2.24, 2.45) is 0 Å². The van der Waals surface area contributed by atoms with E-state index in [4.69, 9.17) is 10.00 Å². The predicted molar refractivity (Wildman–Crippen MR) is 99.5 cm³/mol. The van der Waals surface area contributed by atoms with Crippen LogP contribution in [0.5, 0.6) is 5.75 Å². The SMILES string of the molecule is COc1ccc2nc(NC(=O)C(C#N)=Cc3ccc(C#N)cc3)sc2c1. The molecule has 0 spiro atoms. The van der Waals surface area contributed by atoms with E-state index in [1.165, 1.54) is 17.4 Å². The number of ether oxygens (including phenoxy) is 1. The Bertz CT molecular complexity index is 1090. The van der Waals surface area contributed by atoms with E-state index < -0.39 is 5.91 Å². The Labute approximate surface area is 153 Å². The molecule has 1 N–H and O–H groups in total. The molecule has 126 valence electrons. The lowest BCUT2D eigenvalue weighted by Crippen LogP contribution is -2.13. The summed E-state index contributed by atoms with van der Waals surface area (Å²) in [6.07, 6.45) is 1.47. The standard InChI is InChI=1S/C19H12N4O2S/c1-25-15-6-7-16-17(9-15)26-19(22-16)23-18(24)14(11-21)8-12-2-4-13(10-20)5-3-12/h2-9H,1H3,(H,22,23,24). The van der Waals surface area contributed by atoms with E-state index in [2.05, 4.69) is 10.3 Å². The Morgan fingerprint density at radius 1 is 1.23 bits per heavy atom. The molecule has 26 heavy (non-hydrogen) atoms. The molecular weight excluding hydrogens is 348 g/mol. The summed E-state index contributed by atoms with van der Waals surface area (Å²) in [7, 11) is 1.58. The average molecular weight is 360 g/mol. The van der Waals surface area contributed by atoms with E-state index >= 15 is 0 Å². The minimum Gasteiger partial charge on any atom is -0.497 e. The number of methoxy groups -OCH3 is 1. The van der Waals surface area contributed by atoms with Crippen LogP contribution in [0.3, 0.4) is 0 Å². The first kappa shape index (κ1) is 17.2. The monoisotopic (exact) mass is 360 g/mol. The quantitative estimate of drug-likeness (QED) is 0.565. The highest BCUT2D eigenvalue weighted by Crippen LogP contribution is 2.29. The number of nitrogens with one attached hydrogen (secondary N) is 1. The second kappa shape index (κ2) is 7.47. The zero-order valence-corrected chi connectivity index (χ0v) is 14.5. The lowest BCUT2D eigenvalue weighted by Gasteiger charge is -2.00. The molecule has 0 bridgehead atoms. The van der Waals surface area contributed by atoms with E-state index in [1.54, 1.807) is 43.5 Å². The van der Waals surface area contributed by atoms with Crippen LogP contribution in [0.4, 0.5) is 5.13 Å². The fourth-order valence-corrected chi connectivity index (χ4v) is 3.11. The van der Waals surface area contributed by atoms with Gasteiger partial charge < -0.3 is 4.74 Å². The van der Waals surface area contributed by atoms with Gasteiger partial charge in [0.2, 0.25) is 0 Å². The van der Waals surface area contributed by atoms with Crippen molar-refractivity contribution in [2.75, 3.05) is 12.4 Å². The molecule has 0 aliphatic carbocycles. The summed E-state index contributed by atoms with van der Waals surface area (Å²) in [5.41, 5.74) is 1.85. The number of hydrogen-bond donors (Lipinski definition) is 1. The molecule has 3 aromatic rings. The number of nitriles is 2. The third kappa shape index (κ3) is 3.69. The van der Waals surface area contributed by atoms with E-state index in [0.29, 0.717) is 22.0 Å². The van der Waals surface area contributed by atoms with Gasteiger partial charge in [-0.25, -0.2) is 4.98 Å². The average Bonchev–Trinajstić information content (AvgIpc) is 3.07. The molecule has 3 rings (SSSR count). The van der Waals surface area contributed by atoms with Gasteiger partial charge >= 0.3 is 0 Å². The first-order chi connectivity index (χ1) is 12.6. The highest BCUT2D eigenvalue weighted by atomic mass is 32.1. The highest BCUT2D eigenvalue weighted by molar-refractivity contribution is 7.22. The number of thiazole rings is 1. The summed E-state index contributed by atoms with van der Waals surface area (Å²) < 4.78 is 6.04. The third-order valence-electron chi connectivity index (χ3n) is 3.53. The lowest BCUT2D eigenvalue weighted by molar-refractivity contribution is -0.112. The number of carbonyl (C=O) groups excluding carboxylic acids is 1. The molecule has 1 heterocycles. The van der Waals surface area contributed by atoms with Crippen molar-refractivity contribution in [3.05, 3.63) is 59.2 Å². The number of hydrogen-bond acceptors (Lipinski definition) is 6. The molecule has 6 nitrogen and oxygen atoms in total. The van der Waals surface area contributed by atoms with Gasteiger partial charge in [0.15, 0.2) is 5.13 Å². The fourth-order valence-electron chi connectivity index (χ4n) is 2.22. The van der Waals surface area contributed by atoms with Crippen molar-refractivity contribution in [1.82, 2.24) is 4.98 Å². The van der Waals surface area contributed by atoms with Gasteiger partial charge in [-0.15, -0.1) is 0 Å². The zero-order valence-electron chi connectivity index (χ0n) is 13.7. The normalized spacial score (nSPS) is 10.8. The van der Waals surface area contributed by atoms with Gasteiger partial charge in [-0.2, -0.15) is 10.5 Å². The predicted octanol–water partition coefficient (Wildman–Crippen LogP) is 3.72. The van der Waals surface area contributed by atoms with Crippen LogP contribution in [0.25, 0.3) is 16.3 Å². The third-order valence-corrected chi connectivity index (χ3v) is 4.47. The molecule has 2 aromatic carbocycles. The zero-order chi connectivity index (χ0) is 18.5. The Morgan fingerprint density at radius 3 is 2.65 bits per heavy atom. The van der Waals surface area contributed by atoms with E-state index in [1.807, 2.05) is 18.2 Å². The number of anilines is 1. The molecule has 0 atom stereocenters. The number of carbonyl (C=O) groups is 1. The molecule has 1 aromatic heterocycles. The van der Waals surface area contributed by atoms with E-state index in [-0.39, 0.29) is 5.57 Å². The van der Waals surface area contributed by atoms with Crippen molar-refractivity contribution in [3.63, 3.8) is 0 Å². The number of fused-ring (bicyclic) bond motifs is 1. The molecule has 1 amide bonds. The van der Waals surface area contributed by atoms with Crippen molar-refractivity contribution < 1.29 is 9.53 Å². The second-order valence-electron chi connectivity index (χ2n) is 5.21. The van der Waals surface area contributed by atoms with Crippen molar-refractivity contribution in [1.29, 1.82) is 10.5 Å². The van der Waals surface area contributed by atoms with Gasteiger partial charge in [0, 0.05) is 0 Å². The van der Waals surface area contributed by atoms with Gasteiger partial charge in [0.1, 0.15) is 17.4 Å². The smallest absolute Gasteiger partial charge is 0.268 e. The van der Waals surface area contributed by atoms with Crippen LogP contribution in [0.2, 0.25) is 0 Å². The number of rotatable bonds is 4. The first-order valence-electron chi connectivity index (χ1n) is 7.51. The molecule has 7 heteroatoms. The number of nitrogens with zero attached hydrogens (tertiary/aromatic N) is 3. The molecule has 0 unspecified atom stereocenters. The first-order valence-corrected chi connectivity index (χ1v) is 8.32. The maximum atomic E-state index is 12.4. The second-order valence-corrected chi connectivity index (χ2v) is 6.24. The summed E-state index contributed by atoms with van der Waals surface area (Å²) in [6, 6.07) is 15.9. The Morgan fingerprint density at radius 2 is 2.00 bits per heavy atom. The molecule has 0 aliphatic heterocycles. The van der Waals surface area contributed by atoms with Gasteiger partial charge in [-0.05, 0) is 42.0 Å². The maximum Gasteiger partial charge on any atom is 0.268 e. The molecular formula is C19H12N4O2S. The fraction of sp³-hybridized carbons (Fsp3) is 0.0526. The van der Waals surface area contributed by atoms with Crippen LogP contribution in [0.1, 0.15) is 11.1 Å². The van der Waals surface area contributed by atoms with Crippen LogP contribution in [-0.2, 0) is 4.79 Å². The Hall–Kier alpha value is -3.68. The molecule has 0 saturated carbocycles. The molecule has 0 aliphatic rings. The summed E-state index contributed by atoms with van der Waals surface area (Å²) >= 11 is 1.30. The Balaban J connectivity index is 1.81. The van der Waals surface area contributed by atoms with Crippen LogP contribution in [-0.4, -0.2) is 18.0 Å². The minimum absolute atomic E-state index is 0.0495. The lowest BCUT2D eigenvalue weighted by atomic mass is 10.1. The maximum absolute atomic E-state index is 12.4. The van der Waals surface area contributed by atoms with Crippen molar-refractivity contribution in [3.8, 4) is 17.9 Å². The number of aromatic nitrogens is 1. The molecule has 0 radical (unpaired) electrons. The summed E-state index contributed by atoms with van der Waals surface area (Å²) in [4.78, 5) is 16.7. The van der Waals surface area contributed by atoms with Crippen LogP contribution >= 0.6 is 11.3 Å². The van der Waals surface area contributed by atoms with E-state index in [0.717, 1.165) is 10.2 Å². The van der Waals surface area contributed by atoms with Gasteiger partial charge in [-0.3, -0.25) is 10.1 Å². The summed E-state index contributed by atoms with van der Waals surface area (Å²) in [6.45, 7) is 0. The largest absolute Gasteiger partial charge is 0.497 e.